The van der Waals surface area contributed by atoms with Crippen LogP contribution in [-0.4, -0.2) is 16.2 Å². The number of hydrogen-bond donors (Lipinski definition) is 1. The van der Waals surface area contributed by atoms with Crippen molar-refractivity contribution in [2.45, 2.75) is 19.8 Å². The lowest BCUT2D eigenvalue weighted by Gasteiger charge is -1.96. The number of hydrogen-bond acceptors (Lipinski definition) is 4. The molecule has 0 fully saturated rings. The van der Waals surface area contributed by atoms with Crippen LogP contribution in [-0.2, 0) is 0 Å². The van der Waals surface area contributed by atoms with Crippen molar-refractivity contribution < 1.29 is 14.6 Å². The van der Waals surface area contributed by atoms with Crippen LogP contribution in [0.4, 0.5) is 4.79 Å². The minimum atomic E-state index is -1.32. The number of nitrogens with zero attached hydrogens (tertiary/aromatic N) is 1. The molecule has 0 amide bonds. The molecule has 6 heteroatoms. The number of carbonyl (C=O) groups is 1. The number of halogens is 1. The highest BCUT2D eigenvalue weighted by atomic mass is 35.5. The zero-order valence-electron chi connectivity index (χ0n) is 7.18. The third-order valence-electron chi connectivity index (χ3n) is 1.27. The molecule has 1 rings (SSSR count). The second-order valence-electron chi connectivity index (χ2n) is 2.56. The lowest BCUT2D eigenvalue weighted by Crippen LogP contribution is -2.02. The van der Waals surface area contributed by atoms with Gasteiger partial charge < -0.3 is 9.84 Å². The molecule has 1 heterocycles. The summed E-state index contributed by atoms with van der Waals surface area (Å²) < 4.78 is 4.37. The molecule has 1 N–H and O–H groups in total. The van der Waals surface area contributed by atoms with Crippen molar-refractivity contribution in [2.75, 3.05) is 0 Å². The summed E-state index contributed by atoms with van der Waals surface area (Å²) in [4.78, 5) is 14.1. The van der Waals surface area contributed by atoms with Crippen molar-refractivity contribution in [3.63, 3.8) is 0 Å². The van der Waals surface area contributed by atoms with Gasteiger partial charge in [-0.1, -0.05) is 25.2 Å². The summed E-state index contributed by atoms with van der Waals surface area (Å²) in [5.41, 5.74) is 0.858. The molecule has 0 aromatic carbocycles. The summed E-state index contributed by atoms with van der Waals surface area (Å²) >= 11 is 1.19. The Morgan fingerprint density at radius 1 is 1.69 bits per heavy atom. The van der Waals surface area contributed by atoms with Gasteiger partial charge in [0.25, 0.3) is 5.19 Å². The van der Waals surface area contributed by atoms with Gasteiger partial charge in [-0.15, -0.1) is 12.4 Å². The van der Waals surface area contributed by atoms with E-state index in [0.717, 1.165) is 5.69 Å². The Bertz CT molecular complexity index is 287. The third kappa shape index (κ3) is 3.61. The maximum Gasteiger partial charge on any atom is 0.513 e. The van der Waals surface area contributed by atoms with E-state index in [-0.39, 0.29) is 17.6 Å². The maximum atomic E-state index is 10.1. The van der Waals surface area contributed by atoms with E-state index in [9.17, 15) is 4.79 Å². The molecule has 0 spiro atoms. The Balaban J connectivity index is 0.00000144. The number of rotatable bonds is 2. The first-order valence-electron chi connectivity index (χ1n) is 3.46. The second-order valence-corrected chi connectivity index (χ2v) is 3.38. The van der Waals surface area contributed by atoms with Gasteiger partial charge in [0.1, 0.15) is 0 Å². The number of aromatic nitrogens is 1. The summed E-state index contributed by atoms with van der Waals surface area (Å²) in [6.45, 7) is 3.97. The lowest BCUT2D eigenvalue weighted by atomic mass is 10.2. The molecule has 0 saturated carbocycles. The average molecular weight is 224 g/mol. The van der Waals surface area contributed by atoms with Gasteiger partial charge in [-0.3, -0.25) is 0 Å². The van der Waals surface area contributed by atoms with E-state index in [1.54, 1.807) is 5.38 Å². The van der Waals surface area contributed by atoms with Crippen LogP contribution in [0.1, 0.15) is 25.5 Å². The molecule has 0 aliphatic heterocycles. The summed E-state index contributed by atoms with van der Waals surface area (Å²) in [6.07, 6.45) is -1.32. The Hall–Kier alpha value is -0.810. The van der Waals surface area contributed by atoms with Crippen LogP contribution in [0.15, 0.2) is 5.38 Å². The van der Waals surface area contributed by atoms with Crippen LogP contribution in [0.2, 0.25) is 0 Å². The van der Waals surface area contributed by atoms with Gasteiger partial charge in [0.15, 0.2) is 0 Å². The lowest BCUT2D eigenvalue weighted by molar-refractivity contribution is 0.144. The van der Waals surface area contributed by atoms with E-state index in [1.165, 1.54) is 11.3 Å². The first kappa shape index (κ1) is 12.2. The highest BCUT2D eigenvalue weighted by molar-refractivity contribution is 7.11. The van der Waals surface area contributed by atoms with Crippen LogP contribution in [0, 0.1) is 0 Å². The smallest absolute Gasteiger partial charge is 0.449 e. The summed E-state index contributed by atoms with van der Waals surface area (Å²) in [6, 6.07) is 0. The number of carboxylic acid groups (broad SMARTS) is 1. The predicted molar refractivity (Wildman–Crippen MR) is 52.1 cm³/mol. The van der Waals surface area contributed by atoms with Gasteiger partial charge in [-0.05, 0) is 5.92 Å². The molecule has 1 aromatic rings. The van der Waals surface area contributed by atoms with Crippen molar-refractivity contribution in [3.05, 3.63) is 11.1 Å². The van der Waals surface area contributed by atoms with E-state index in [2.05, 4.69) is 9.72 Å². The molecule has 0 unspecified atom stereocenters. The van der Waals surface area contributed by atoms with E-state index in [0.29, 0.717) is 5.92 Å². The number of ether oxygens (including phenoxy) is 1. The molecule has 0 radical (unpaired) electrons. The minimum absolute atomic E-state index is 0. The average Bonchev–Trinajstić information content (AvgIpc) is 2.34. The van der Waals surface area contributed by atoms with Crippen LogP contribution in [0.5, 0.6) is 5.19 Å². The van der Waals surface area contributed by atoms with Crippen molar-refractivity contribution >= 4 is 29.9 Å². The topological polar surface area (TPSA) is 59.4 Å². The van der Waals surface area contributed by atoms with Gasteiger partial charge in [0.2, 0.25) is 0 Å². The van der Waals surface area contributed by atoms with E-state index in [4.69, 9.17) is 5.11 Å². The summed E-state index contributed by atoms with van der Waals surface area (Å²) in [5, 5.41) is 10.2. The SMILES string of the molecule is CC(C)c1csc(OC(=O)O)n1.Cl. The predicted octanol–water partition coefficient (Wildman–Crippen LogP) is 2.75. The largest absolute Gasteiger partial charge is 0.513 e. The second kappa shape index (κ2) is 5.04. The van der Waals surface area contributed by atoms with Crippen LogP contribution in [0.25, 0.3) is 0 Å². The molecule has 4 nitrogen and oxygen atoms in total. The Morgan fingerprint density at radius 2 is 2.31 bits per heavy atom. The molecule has 1 aromatic heterocycles. The first-order valence-corrected chi connectivity index (χ1v) is 4.33. The fourth-order valence-electron chi connectivity index (χ4n) is 0.656. The zero-order chi connectivity index (χ0) is 9.14. The third-order valence-corrected chi connectivity index (χ3v) is 2.00. The van der Waals surface area contributed by atoms with Gasteiger partial charge >= 0.3 is 6.16 Å². The van der Waals surface area contributed by atoms with Crippen molar-refractivity contribution in [1.82, 2.24) is 4.98 Å². The standard InChI is InChI=1S/C7H9NO3S.ClH/c1-4(2)5-3-12-6(8-5)11-7(9)10;/h3-4H,1-2H3,(H,9,10);1H. The normalized spacial score (nSPS) is 9.46. The Kier molecular flexibility index (Phi) is 4.72. The van der Waals surface area contributed by atoms with Gasteiger partial charge in [0.05, 0.1) is 5.69 Å². The van der Waals surface area contributed by atoms with Gasteiger partial charge in [-0.2, -0.15) is 0 Å². The van der Waals surface area contributed by atoms with Gasteiger partial charge in [-0.25, -0.2) is 9.78 Å². The molecule has 0 bridgehead atoms. The van der Waals surface area contributed by atoms with Crippen molar-refractivity contribution in [2.24, 2.45) is 0 Å². The first-order chi connectivity index (χ1) is 5.59. The van der Waals surface area contributed by atoms with E-state index in [1.807, 2.05) is 13.8 Å². The fourth-order valence-corrected chi connectivity index (χ4v) is 1.48. The molecular formula is C7H10ClNO3S. The van der Waals surface area contributed by atoms with E-state index < -0.39 is 6.16 Å². The Labute approximate surface area is 86.0 Å². The fraction of sp³-hybridized carbons (Fsp3) is 0.429. The monoisotopic (exact) mass is 223 g/mol. The van der Waals surface area contributed by atoms with E-state index >= 15 is 0 Å². The highest BCUT2D eigenvalue weighted by Gasteiger charge is 2.08. The zero-order valence-corrected chi connectivity index (χ0v) is 8.82. The Morgan fingerprint density at radius 3 is 2.69 bits per heavy atom. The molecule has 0 saturated heterocycles. The molecule has 13 heavy (non-hydrogen) atoms. The summed E-state index contributed by atoms with van der Waals surface area (Å²) in [5.74, 6) is 0.299. The summed E-state index contributed by atoms with van der Waals surface area (Å²) in [7, 11) is 0. The van der Waals surface area contributed by atoms with Gasteiger partial charge in [0, 0.05) is 5.38 Å². The van der Waals surface area contributed by atoms with Crippen molar-refractivity contribution in [3.8, 4) is 5.19 Å². The highest BCUT2D eigenvalue weighted by Crippen LogP contribution is 2.23. The quantitative estimate of drug-likeness (QED) is 0.784. The number of thiazole rings is 1. The van der Waals surface area contributed by atoms with Crippen LogP contribution < -0.4 is 4.74 Å². The van der Waals surface area contributed by atoms with Crippen LogP contribution in [0.3, 0.4) is 0 Å². The van der Waals surface area contributed by atoms with Crippen molar-refractivity contribution in [1.29, 1.82) is 0 Å². The molecule has 0 aliphatic carbocycles. The van der Waals surface area contributed by atoms with Crippen LogP contribution >= 0.6 is 23.7 Å². The maximum absolute atomic E-state index is 10.1. The molecule has 74 valence electrons. The molecule has 0 aliphatic rings. The molecule has 0 atom stereocenters. The molecular weight excluding hydrogens is 214 g/mol. The minimum Gasteiger partial charge on any atom is -0.449 e.